The molecule has 0 aliphatic heterocycles. The summed E-state index contributed by atoms with van der Waals surface area (Å²) in [7, 11) is 0. The Labute approximate surface area is 297 Å². The second-order valence-corrected chi connectivity index (χ2v) is 12.9. The first-order valence-electron chi connectivity index (χ1n) is 19.6. The molecule has 0 radical (unpaired) electrons. The molecule has 0 aromatic rings. The number of nitrogens with one attached hydrogen (secondary N) is 1. The number of aliphatic hydroxyl groups is 3. The van der Waals surface area contributed by atoms with E-state index in [2.05, 4.69) is 44.9 Å². The zero-order chi connectivity index (χ0) is 34.3. The van der Waals surface area contributed by atoms with Crippen LogP contribution in [0.4, 0.5) is 0 Å². The Balaban J connectivity index is -0.000000121. The Hall–Kier alpha value is -0.150. The number of nitrogens with two attached hydrogens (primary N) is 1. The zero-order valence-electron chi connectivity index (χ0n) is 31.8. The Morgan fingerprint density at radius 2 is 0.957 bits per heavy atom. The molecule has 0 aliphatic rings. The first-order chi connectivity index (χ1) is 22.1. The molecule has 46 heavy (non-hydrogen) atoms. The predicted molar refractivity (Wildman–Crippen MR) is 214 cm³/mol. The van der Waals surface area contributed by atoms with Crippen LogP contribution in [0.25, 0.3) is 0 Å². The molecule has 6 nitrogen and oxygen atoms in total. The first kappa shape index (κ1) is 55.3. The van der Waals surface area contributed by atoms with Gasteiger partial charge in [0.05, 0.1) is 0 Å². The molecule has 0 heterocycles. The van der Waals surface area contributed by atoms with Gasteiger partial charge < -0.3 is 27.2 Å². The highest BCUT2D eigenvalue weighted by Gasteiger charge is 2.06. The highest BCUT2D eigenvalue weighted by molar-refractivity contribution is 7.78. The summed E-state index contributed by atoms with van der Waals surface area (Å²) in [6, 6.07) is 0. The topological polar surface area (TPSA) is 134 Å². The van der Waals surface area contributed by atoms with Gasteiger partial charge in [0.1, 0.15) is 0 Å². The fourth-order valence-electron chi connectivity index (χ4n) is 4.92. The van der Waals surface area contributed by atoms with E-state index >= 15 is 0 Å². The summed E-state index contributed by atoms with van der Waals surface area (Å²) in [6.07, 6.45) is 37.4. The van der Waals surface area contributed by atoms with Gasteiger partial charge in [-0.05, 0) is 63.8 Å². The van der Waals surface area contributed by atoms with Crippen molar-refractivity contribution in [3.8, 4) is 0 Å². The van der Waals surface area contributed by atoms with Crippen molar-refractivity contribution in [3.05, 3.63) is 12.7 Å². The third kappa shape index (κ3) is 66.3. The fourth-order valence-corrected chi connectivity index (χ4v) is 5.08. The summed E-state index contributed by atoms with van der Waals surface area (Å²) >= 11 is 3.90. The van der Waals surface area contributed by atoms with Crippen molar-refractivity contribution in [1.29, 1.82) is 0 Å². The number of hydrogen-bond donors (Lipinski definition) is 7. The number of aliphatic hydroxyl groups excluding tert-OH is 3. The van der Waals surface area contributed by atoms with Gasteiger partial charge in [-0.1, -0.05) is 168 Å². The Kier molecular flexibility index (Phi) is 72.3. The molecule has 0 spiro atoms. The summed E-state index contributed by atoms with van der Waals surface area (Å²) in [5.41, 5.74) is 5.32. The molecule has 0 aliphatic carbocycles. The van der Waals surface area contributed by atoms with Crippen LogP contribution in [0.2, 0.25) is 0 Å². The summed E-state index contributed by atoms with van der Waals surface area (Å²) in [4.78, 5) is 0. The van der Waals surface area contributed by atoms with E-state index in [9.17, 15) is 5.11 Å². The van der Waals surface area contributed by atoms with Gasteiger partial charge in [-0.3, -0.25) is 4.72 Å². The molecule has 0 amide bonds. The molecule has 0 bridgehead atoms. The Morgan fingerprint density at radius 1 is 0.587 bits per heavy atom. The molecular formula is C39H91N3O3S. The zero-order valence-corrected chi connectivity index (χ0v) is 32.7. The number of allylic oxidation sites excluding steroid dienone is 1. The van der Waals surface area contributed by atoms with Crippen LogP contribution in [0.3, 0.4) is 0 Å². The van der Waals surface area contributed by atoms with Gasteiger partial charge in [0, 0.05) is 27.8 Å². The van der Waals surface area contributed by atoms with E-state index in [0.29, 0.717) is 25.7 Å². The molecule has 286 valence electrons. The molecular weight excluding hydrogens is 591 g/mol. The normalized spacial score (nSPS) is 10.8. The monoisotopic (exact) mass is 682 g/mol. The van der Waals surface area contributed by atoms with Crippen LogP contribution in [0, 0.1) is 5.92 Å². The van der Waals surface area contributed by atoms with E-state index in [1.807, 2.05) is 6.08 Å². The van der Waals surface area contributed by atoms with Crippen molar-refractivity contribution < 1.29 is 16.7 Å². The van der Waals surface area contributed by atoms with Gasteiger partial charge in [-0.2, -0.15) is 0 Å². The lowest BCUT2D eigenvalue weighted by Gasteiger charge is -2.13. The van der Waals surface area contributed by atoms with Crippen LogP contribution in [-0.4, -0.2) is 48.2 Å². The van der Waals surface area contributed by atoms with Gasteiger partial charge in [-0.25, -0.2) is 0 Å². The maximum Gasteiger partial charge on any atom is 0.0459 e. The van der Waals surface area contributed by atoms with Crippen molar-refractivity contribution >= 4 is 12.8 Å². The van der Waals surface area contributed by atoms with Gasteiger partial charge in [0.15, 0.2) is 0 Å². The maximum absolute atomic E-state index is 9.29. The standard InChI is InChI=1S/C15H32O.C8H19NOS.C8H17N.C8H18O.H3N.H2/c1-3-5-7-9-11-13-15(14-16)12-10-8-6-4-2;10-8-6-4-2-1-3-5-7-9-11;2*1-2-3-4-5-6-7-8-9;;/h15-16H,3-14H2,1-2H3;9-11H,1-8H2;2H,1,3-9H2;9H,2-8H2,1H3;1H3;1H. The minimum Gasteiger partial charge on any atom is -0.396 e. The third-order valence-electron chi connectivity index (χ3n) is 8.01. The minimum absolute atomic E-state index is 0. The van der Waals surface area contributed by atoms with Crippen molar-refractivity contribution in [1.82, 2.24) is 10.9 Å². The Morgan fingerprint density at radius 3 is 1.35 bits per heavy atom. The second kappa shape index (κ2) is 60.2. The van der Waals surface area contributed by atoms with Gasteiger partial charge in [0.2, 0.25) is 0 Å². The van der Waals surface area contributed by atoms with Crippen molar-refractivity contribution in [2.24, 2.45) is 11.7 Å². The number of hydrogen-bond acceptors (Lipinski definition) is 7. The van der Waals surface area contributed by atoms with E-state index < -0.39 is 0 Å². The van der Waals surface area contributed by atoms with Crippen molar-refractivity contribution in [2.75, 3.05) is 32.9 Å². The lowest BCUT2D eigenvalue weighted by atomic mass is 9.95. The highest BCUT2D eigenvalue weighted by Crippen LogP contribution is 2.18. The van der Waals surface area contributed by atoms with Crippen molar-refractivity contribution in [3.63, 3.8) is 0 Å². The molecule has 7 heteroatoms. The first-order valence-corrected chi connectivity index (χ1v) is 20.0. The number of thiol groups is 1. The van der Waals surface area contributed by atoms with E-state index in [0.717, 1.165) is 32.4 Å². The Bertz CT molecular complexity index is 455. The summed E-state index contributed by atoms with van der Waals surface area (Å²) < 4.78 is 2.82. The molecule has 9 N–H and O–H groups in total. The van der Waals surface area contributed by atoms with Gasteiger partial charge in [-0.15, -0.1) is 6.58 Å². The fraction of sp³-hybridized carbons (Fsp3) is 0.949. The smallest absolute Gasteiger partial charge is 0.0459 e. The molecule has 1 unspecified atom stereocenters. The van der Waals surface area contributed by atoms with Crippen LogP contribution >= 0.6 is 12.8 Å². The molecule has 0 aromatic heterocycles. The molecule has 0 rings (SSSR count). The minimum atomic E-state index is 0. The van der Waals surface area contributed by atoms with Crippen molar-refractivity contribution in [2.45, 2.75) is 201 Å². The van der Waals surface area contributed by atoms with E-state index in [-0.39, 0.29) is 7.58 Å². The number of rotatable bonds is 32. The number of unbranched alkanes of at least 4 members (excludes halogenated alkanes) is 21. The van der Waals surface area contributed by atoms with Crippen LogP contribution in [0.5, 0.6) is 0 Å². The molecule has 0 saturated carbocycles. The van der Waals surface area contributed by atoms with E-state index in [1.165, 1.54) is 161 Å². The van der Waals surface area contributed by atoms with Gasteiger partial charge in [0.25, 0.3) is 0 Å². The third-order valence-corrected chi connectivity index (χ3v) is 8.23. The van der Waals surface area contributed by atoms with Crippen LogP contribution in [0.1, 0.15) is 202 Å². The lowest BCUT2D eigenvalue weighted by Crippen LogP contribution is -2.06. The summed E-state index contributed by atoms with van der Waals surface area (Å²) in [5, 5.41) is 26.2. The predicted octanol–water partition coefficient (Wildman–Crippen LogP) is 11.5. The van der Waals surface area contributed by atoms with Gasteiger partial charge >= 0.3 is 0 Å². The average molecular weight is 682 g/mol. The molecule has 0 fully saturated rings. The van der Waals surface area contributed by atoms with Crippen LogP contribution < -0.4 is 16.6 Å². The van der Waals surface area contributed by atoms with Crippen LogP contribution in [-0.2, 0) is 0 Å². The largest absolute Gasteiger partial charge is 0.396 e. The maximum atomic E-state index is 9.29. The lowest BCUT2D eigenvalue weighted by molar-refractivity contribution is 0.204. The van der Waals surface area contributed by atoms with E-state index in [4.69, 9.17) is 15.9 Å². The molecule has 1 atom stereocenters. The highest BCUT2D eigenvalue weighted by atomic mass is 32.1. The average Bonchev–Trinajstić information content (AvgIpc) is 3.06. The second-order valence-electron chi connectivity index (χ2n) is 12.6. The molecule has 0 saturated heterocycles. The summed E-state index contributed by atoms with van der Waals surface area (Å²) in [5.74, 6) is 0.582. The SMILES string of the molecule is C=CCCCCCCN.CCCCCCCC(CO)CCCCCC.CCCCCCCCO.N.OCCCCCCCCNS.[HH]. The van der Waals surface area contributed by atoms with E-state index in [1.54, 1.807) is 0 Å². The quantitative estimate of drug-likeness (QED) is 0.0215. The molecule has 0 aromatic carbocycles. The summed E-state index contributed by atoms with van der Waals surface area (Å²) in [6.45, 7) is 13.3. The van der Waals surface area contributed by atoms with Crippen LogP contribution in [0.15, 0.2) is 12.7 Å².